The van der Waals surface area contributed by atoms with Crippen molar-refractivity contribution < 1.29 is 0 Å². The van der Waals surface area contributed by atoms with Crippen molar-refractivity contribution >= 4 is 11.4 Å². The summed E-state index contributed by atoms with van der Waals surface area (Å²) in [4.78, 5) is 4.48. The third-order valence-corrected chi connectivity index (χ3v) is 3.01. The van der Waals surface area contributed by atoms with Gasteiger partial charge in [0, 0.05) is 18.8 Å². The van der Waals surface area contributed by atoms with Crippen LogP contribution in [0.2, 0.25) is 0 Å². The molecular formula is C13H14N4. The van der Waals surface area contributed by atoms with E-state index in [1.54, 1.807) is 0 Å². The average molecular weight is 226 g/mol. The molecule has 1 aromatic rings. The number of hydrogen-bond donors (Lipinski definition) is 1. The summed E-state index contributed by atoms with van der Waals surface area (Å²) in [5.74, 6) is 0.911. The molecule has 0 saturated carbocycles. The van der Waals surface area contributed by atoms with E-state index in [2.05, 4.69) is 23.2 Å². The van der Waals surface area contributed by atoms with Gasteiger partial charge in [-0.05, 0) is 17.7 Å². The first-order valence-corrected chi connectivity index (χ1v) is 5.57. The van der Waals surface area contributed by atoms with Crippen LogP contribution in [-0.4, -0.2) is 29.2 Å². The summed E-state index contributed by atoms with van der Waals surface area (Å²) in [6.45, 7) is 0. The molecule has 1 aromatic carbocycles. The van der Waals surface area contributed by atoms with Gasteiger partial charge in [0.1, 0.15) is 0 Å². The Morgan fingerprint density at radius 3 is 2.76 bits per heavy atom. The number of hydrazine groups is 1. The van der Waals surface area contributed by atoms with Gasteiger partial charge in [-0.15, -0.1) is 0 Å². The van der Waals surface area contributed by atoms with Crippen LogP contribution in [0.3, 0.4) is 0 Å². The van der Waals surface area contributed by atoms with E-state index in [1.807, 2.05) is 47.5 Å². The fourth-order valence-electron chi connectivity index (χ4n) is 2.05. The minimum atomic E-state index is -0.306. The Balaban J connectivity index is 2.05. The van der Waals surface area contributed by atoms with Crippen molar-refractivity contribution in [3.63, 3.8) is 0 Å². The highest BCUT2D eigenvalue weighted by Crippen LogP contribution is 2.26. The number of hydrogen-bond acceptors (Lipinski definition) is 4. The van der Waals surface area contributed by atoms with Crippen LogP contribution >= 0.6 is 0 Å². The normalized spacial score (nSPS) is 23.4. The summed E-state index contributed by atoms with van der Waals surface area (Å²) < 4.78 is 0. The van der Waals surface area contributed by atoms with Crippen molar-refractivity contribution in [3.8, 4) is 0 Å². The van der Waals surface area contributed by atoms with Crippen molar-refractivity contribution in [1.82, 2.24) is 10.0 Å². The quantitative estimate of drug-likeness (QED) is 0.787. The molecular weight excluding hydrogens is 212 g/mol. The lowest BCUT2D eigenvalue weighted by atomic mass is 10.0. The summed E-state index contributed by atoms with van der Waals surface area (Å²) in [5, 5.41) is 3.88. The molecule has 0 saturated heterocycles. The van der Waals surface area contributed by atoms with Gasteiger partial charge in [0.05, 0.1) is 0 Å². The summed E-state index contributed by atoms with van der Waals surface area (Å²) in [6, 6.07) is 10.2. The number of aliphatic imine (C=N–C) groups is 1. The van der Waals surface area contributed by atoms with Gasteiger partial charge in [-0.3, -0.25) is 10.7 Å². The summed E-state index contributed by atoms with van der Waals surface area (Å²) in [6.07, 6.45) is 5.74. The number of nitrogens with zero attached hydrogens (tertiary/aromatic N) is 3. The Morgan fingerprint density at radius 1 is 1.24 bits per heavy atom. The Hall–Kier alpha value is -1.91. The number of fused-ring (bicyclic) bond motifs is 1. The number of benzene rings is 1. The monoisotopic (exact) mass is 226 g/mol. The molecule has 1 atom stereocenters. The maximum atomic E-state index is 5.91. The van der Waals surface area contributed by atoms with E-state index < -0.39 is 0 Å². The van der Waals surface area contributed by atoms with E-state index in [0.717, 1.165) is 17.0 Å². The third-order valence-electron chi connectivity index (χ3n) is 3.01. The predicted octanol–water partition coefficient (Wildman–Crippen LogP) is 1.40. The minimum Gasteiger partial charge on any atom is -0.296 e. The van der Waals surface area contributed by atoms with Gasteiger partial charge in [0.25, 0.3) is 0 Å². The van der Waals surface area contributed by atoms with Crippen LogP contribution in [0.1, 0.15) is 5.56 Å². The number of rotatable bonds is 1. The largest absolute Gasteiger partial charge is 0.296 e. The number of allylic oxidation sites excluding steroid dienone is 2. The van der Waals surface area contributed by atoms with E-state index in [1.165, 1.54) is 0 Å². The van der Waals surface area contributed by atoms with Crippen LogP contribution in [-0.2, 0) is 0 Å². The second-order valence-electron chi connectivity index (χ2n) is 4.07. The molecule has 4 heteroatoms. The minimum absolute atomic E-state index is 0.306. The van der Waals surface area contributed by atoms with E-state index in [-0.39, 0.29) is 6.29 Å². The van der Waals surface area contributed by atoms with Gasteiger partial charge in [-0.1, -0.05) is 30.3 Å². The van der Waals surface area contributed by atoms with Gasteiger partial charge in [-0.25, -0.2) is 4.99 Å². The first kappa shape index (κ1) is 10.3. The van der Waals surface area contributed by atoms with E-state index in [9.17, 15) is 0 Å². The molecule has 0 spiro atoms. The van der Waals surface area contributed by atoms with Gasteiger partial charge >= 0.3 is 0 Å². The van der Waals surface area contributed by atoms with Gasteiger partial charge < -0.3 is 0 Å². The summed E-state index contributed by atoms with van der Waals surface area (Å²) in [5.41, 5.74) is 8.17. The van der Waals surface area contributed by atoms with E-state index in [4.69, 9.17) is 5.73 Å². The van der Waals surface area contributed by atoms with Gasteiger partial charge in [-0.2, -0.15) is 5.01 Å². The molecule has 0 aromatic heterocycles. The SMILES string of the molecule is CN1C(N)N=C2C(c3ccccc3)=CC=CN21. The zero-order valence-electron chi connectivity index (χ0n) is 9.62. The Labute approximate surface area is 100 Å². The molecule has 0 amide bonds. The maximum Gasteiger partial charge on any atom is 0.172 e. The molecule has 1 unspecified atom stereocenters. The highest BCUT2D eigenvalue weighted by Gasteiger charge is 2.30. The van der Waals surface area contributed by atoms with Crippen molar-refractivity contribution in [1.29, 1.82) is 0 Å². The molecule has 2 N–H and O–H groups in total. The molecule has 2 aliphatic heterocycles. The Kier molecular flexibility index (Phi) is 2.31. The van der Waals surface area contributed by atoms with Crippen LogP contribution in [0.15, 0.2) is 53.7 Å². The second kappa shape index (κ2) is 3.84. The summed E-state index contributed by atoms with van der Waals surface area (Å²) >= 11 is 0. The lowest BCUT2D eigenvalue weighted by Crippen LogP contribution is -2.42. The molecule has 3 rings (SSSR count). The highest BCUT2D eigenvalue weighted by atomic mass is 15.7. The smallest absolute Gasteiger partial charge is 0.172 e. The van der Waals surface area contributed by atoms with Crippen LogP contribution in [0.5, 0.6) is 0 Å². The van der Waals surface area contributed by atoms with Gasteiger partial charge in [0.15, 0.2) is 12.1 Å². The Morgan fingerprint density at radius 2 is 2.00 bits per heavy atom. The van der Waals surface area contributed by atoms with Crippen LogP contribution in [0.4, 0.5) is 0 Å². The molecule has 2 aliphatic rings. The van der Waals surface area contributed by atoms with Crippen molar-refractivity contribution in [2.24, 2.45) is 10.7 Å². The van der Waals surface area contributed by atoms with Crippen LogP contribution < -0.4 is 5.73 Å². The molecule has 0 bridgehead atoms. The third kappa shape index (κ3) is 1.58. The zero-order chi connectivity index (χ0) is 11.8. The highest BCUT2D eigenvalue weighted by molar-refractivity contribution is 6.24. The lowest BCUT2D eigenvalue weighted by molar-refractivity contribution is 0.107. The molecule has 86 valence electrons. The Bertz CT molecular complexity index is 515. The first-order valence-electron chi connectivity index (χ1n) is 5.57. The second-order valence-corrected chi connectivity index (χ2v) is 4.07. The molecule has 0 aliphatic carbocycles. The molecule has 2 heterocycles. The number of amidine groups is 1. The fraction of sp³-hybridized carbons (Fsp3) is 0.154. The molecule has 0 radical (unpaired) electrons. The topological polar surface area (TPSA) is 44.9 Å². The fourth-order valence-corrected chi connectivity index (χ4v) is 2.05. The van der Waals surface area contributed by atoms with Gasteiger partial charge in [0.2, 0.25) is 0 Å². The van der Waals surface area contributed by atoms with Crippen molar-refractivity contribution in [3.05, 3.63) is 54.2 Å². The van der Waals surface area contributed by atoms with Crippen molar-refractivity contribution in [2.45, 2.75) is 6.29 Å². The van der Waals surface area contributed by atoms with Crippen LogP contribution in [0, 0.1) is 0 Å². The maximum absolute atomic E-state index is 5.91. The van der Waals surface area contributed by atoms with Crippen LogP contribution in [0.25, 0.3) is 5.57 Å². The molecule has 0 fully saturated rings. The molecule has 4 nitrogen and oxygen atoms in total. The average Bonchev–Trinajstić information content (AvgIpc) is 2.67. The standard InChI is InChI=1S/C13H14N4/c1-16-13(14)15-12-11(8-5-9-17(12)16)10-6-3-2-4-7-10/h2-9,13H,14H2,1H3. The van der Waals surface area contributed by atoms with E-state index >= 15 is 0 Å². The zero-order valence-corrected chi connectivity index (χ0v) is 9.62. The first-order chi connectivity index (χ1) is 8.27. The predicted molar refractivity (Wildman–Crippen MR) is 68.6 cm³/mol. The lowest BCUT2D eigenvalue weighted by Gasteiger charge is -2.28. The molecule has 17 heavy (non-hydrogen) atoms. The van der Waals surface area contributed by atoms with E-state index in [0.29, 0.717) is 0 Å². The number of nitrogens with two attached hydrogens (primary N) is 1. The van der Waals surface area contributed by atoms with Crippen molar-refractivity contribution in [2.75, 3.05) is 7.05 Å². The summed E-state index contributed by atoms with van der Waals surface area (Å²) in [7, 11) is 1.93.